The summed E-state index contributed by atoms with van der Waals surface area (Å²) in [4.78, 5) is 34.8. The fraction of sp³-hybridized carbons (Fsp3) is 0.486. The van der Waals surface area contributed by atoms with Gasteiger partial charge in [0.05, 0.1) is 23.3 Å². The molecule has 11 heteroatoms. The van der Waals surface area contributed by atoms with Gasteiger partial charge in [0.15, 0.2) is 0 Å². The number of piperazine rings is 1. The Morgan fingerprint density at radius 2 is 2.02 bits per heavy atom. The summed E-state index contributed by atoms with van der Waals surface area (Å²) < 4.78 is 21.3. The second-order valence-corrected chi connectivity index (χ2v) is 13.7. The van der Waals surface area contributed by atoms with Crippen molar-refractivity contribution >= 4 is 39.8 Å². The highest BCUT2D eigenvalue weighted by Crippen LogP contribution is 2.59. The van der Waals surface area contributed by atoms with E-state index in [4.69, 9.17) is 32.9 Å². The zero-order valence-electron chi connectivity index (χ0n) is 26.4. The van der Waals surface area contributed by atoms with Gasteiger partial charge in [-0.05, 0) is 75.2 Å². The number of rotatable bonds is 7. The number of hydrogen-bond acceptors (Lipinski definition) is 7. The predicted octanol–water partition coefficient (Wildman–Crippen LogP) is 5.36. The summed E-state index contributed by atoms with van der Waals surface area (Å²) in [5, 5.41) is 1.69. The maximum Gasteiger partial charge on any atom is 0.319 e. The summed E-state index contributed by atoms with van der Waals surface area (Å²) in [7, 11) is 4.26. The molecule has 46 heavy (non-hydrogen) atoms. The zero-order valence-corrected chi connectivity index (χ0v) is 27.1. The lowest BCUT2D eigenvalue weighted by atomic mass is 9.99. The van der Waals surface area contributed by atoms with E-state index in [0.717, 1.165) is 41.0 Å². The van der Waals surface area contributed by atoms with E-state index in [1.165, 1.54) is 25.0 Å². The molecule has 0 N–H and O–H groups in total. The molecule has 3 fully saturated rings. The van der Waals surface area contributed by atoms with Crippen molar-refractivity contribution < 1.29 is 13.9 Å². The molecule has 4 aliphatic rings. The Morgan fingerprint density at radius 3 is 2.76 bits per heavy atom. The molecule has 0 bridgehead atoms. The lowest BCUT2D eigenvalue weighted by molar-refractivity contribution is -0.128. The maximum absolute atomic E-state index is 14.6. The molecule has 1 spiro atoms. The molecule has 2 aromatic carbocycles. The Morgan fingerprint density at radius 1 is 1.20 bits per heavy atom. The molecule has 0 unspecified atom stereocenters. The molecule has 3 heterocycles. The van der Waals surface area contributed by atoms with Crippen molar-refractivity contribution in [1.82, 2.24) is 19.8 Å². The summed E-state index contributed by atoms with van der Waals surface area (Å²) in [6.07, 6.45) is 6.53. The van der Waals surface area contributed by atoms with E-state index >= 15 is 0 Å². The average Bonchev–Trinajstić information content (AvgIpc) is 3.75. The van der Waals surface area contributed by atoms with Crippen molar-refractivity contribution in [2.24, 2.45) is 5.41 Å². The average molecular weight is 644 g/mol. The first-order valence-electron chi connectivity index (χ1n) is 16.1. The third-order valence-corrected chi connectivity index (χ3v) is 10.8. The predicted molar refractivity (Wildman–Crippen MR) is 178 cm³/mol. The monoisotopic (exact) mass is 643 g/mol. The number of likely N-dealkylation sites (N-methyl/N-ethyl adjacent to an activating group) is 1. The minimum atomic E-state index is -0.442. The summed E-state index contributed by atoms with van der Waals surface area (Å²) in [6, 6.07) is 9.45. The van der Waals surface area contributed by atoms with Crippen LogP contribution in [-0.4, -0.2) is 90.7 Å². The van der Waals surface area contributed by atoms with E-state index in [0.29, 0.717) is 62.0 Å². The highest BCUT2D eigenvalue weighted by molar-refractivity contribution is 6.36. The van der Waals surface area contributed by atoms with Gasteiger partial charge in [-0.1, -0.05) is 36.4 Å². The van der Waals surface area contributed by atoms with Crippen LogP contribution < -0.4 is 14.5 Å². The number of anilines is 2. The van der Waals surface area contributed by atoms with Crippen LogP contribution >= 0.6 is 11.6 Å². The first kappa shape index (κ1) is 30.7. The number of ether oxygens (including phenoxy) is 1. The first-order valence-corrected chi connectivity index (χ1v) is 16.5. The Hall–Kier alpha value is -3.94. The first-order chi connectivity index (χ1) is 22.2. The number of benzene rings is 2. The number of halogens is 2. The van der Waals surface area contributed by atoms with Gasteiger partial charge in [0.25, 0.3) is 0 Å². The minimum absolute atomic E-state index is 0.0140. The Kier molecular flexibility index (Phi) is 8.02. The van der Waals surface area contributed by atoms with E-state index in [-0.39, 0.29) is 29.6 Å². The second kappa shape index (κ2) is 12.0. The number of hydrogen-bond donors (Lipinski definition) is 0. The SMILES string of the molecule is [C-]#[N+]C[C@H]1CN(c2nc(O[C@@H]3CCC4(CC4)[C@H]3N(C)C)nc3c2CCN(c2cccc4ccc(F)c(Cl)c24)C3)CCN1C(=O)C=C. The molecule has 1 amide bonds. The molecule has 1 saturated heterocycles. The van der Waals surface area contributed by atoms with Crippen LogP contribution in [0.5, 0.6) is 6.01 Å². The van der Waals surface area contributed by atoms with Crippen molar-refractivity contribution in [1.29, 1.82) is 0 Å². The fourth-order valence-corrected chi connectivity index (χ4v) is 8.42. The van der Waals surface area contributed by atoms with Crippen LogP contribution in [0.15, 0.2) is 43.0 Å². The topological polar surface area (TPSA) is 69.4 Å². The van der Waals surface area contributed by atoms with E-state index in [1.807, 2.05) is 18.2 Å². The standard InChI is InChI=1S/C35H39ClFN7O2/c1-5-29(45)44-18-17-43(20-23(44)19-38-2)33-24-12-16-42(27-8-6-7-22-9-10-25(37)31(36)30(22)27)21-26(24)39-34(40-33)46-28-11-13-35(14-15-35)32(28)41(3)4/h5-10,23,28,32H,1,11-21H2,3-4H3/t23-,28+,32-/m0/s1. The molecule has 2 aliphatic carbocycles. The Labute approximate surface area is 274 Å². The van der Waals surface area contributed by atoms with Crippen molar-refractivity contribution in [2.45, 2.75) is 56.8 Å². The van der Waals surface area contributed by atoms with Crippen molar-refractivity contribution in [2.75, 3.05) is 56.6 Å². The van der Waals surface area contributed by atoms with E-state index in [2.05, 4.69) is 40.2 Å². The molecular formula is C35H39ClFN7O2. The number of carbonyl (C=O) groups excluding carboxylic acids is 1. The molecule has 3 atom stereocenters. The van der Waals surface area contributed by atoms with E-state index in [9.17, 15) is 9.18 Å². The summed E-state index contributed by atoms with van der Waals surface area (Å²) in [5.74, 6) is 0.207. The number of carbonyl (C=O) groups is 1. The van der Waals surface area contributed by atoms with Gasteiger partial charge < -0.3 is 29.2 Å². The van der Waals surface area contributed by atoms with Crippen LogP contribution in [0, 0.1) is 17.8 Å². The zero-order chi connectivity index (χ0) is 32.2. The normalized spacial score (nSPS) is 23.5. The maximum atomic E-state index is 14.6. The highest BCUT2D eigenvalue weighted by Gasteiger charge is 2.58. The van der Waals surface area contributed by atoms with E-state index in [1.54, 1.807) is 11.0 Å². The molecule has 1 aromatic heterocycles. The summed E-state index contributed by atoms with van der Waals surface area (Å²) in [5.41, 5.74) is 3.09. The minimum Gasteiger partial charge on any atom is -0.458 e. The molecule has 240 valence electrons. The molecule has 2 saturated carbocycles. The molecule has 3 aromatic rings. The van der Waals surface area contributed by atoms with Gasteiger partial charge in [0.2, 0.25) is 12.5 Å². The quantitative estimate of drug-likeness (QED) is 0.254. The lowest BCUT2D eigenvalue weighted by Crippen LogP contribution is -2.56. The molecule has 7 rings (SSSR count). The van der Waals surface area contributed by atoms with Crippen molar-refractivity contribution in [3.05, 3.63) is 76.5 Å². The van der Waals surface area contributed by atoms with Gasteiger partial charge in [-0.2, -0.15) is 9.97 Å². The van der Waals surface area contributed by atoms with Crippen LogP contribution in [0.25, 0.3) is 15.6 Å². The second-order valence-electron chi connectivity index (χ2n) is 13.3. The van der Waals surface area contributed by atoms with Gasteiger partial charge >= 0.3 is 6.01 Å². The fourth-order valence-electron chi connectivity index (χ4n) is 8.15. The summed E-state index contributed by atoms with van der Waals surface area (Å²) >= 11 is 6.54. The third-order valence-electron chi connectivity index (χ3n) is 10.4. The van der Waals surface area contributed by atoms with E-state index < -0.39 is 5.82 Å². The van der Waals surface area contributed by atoms with Crippen LogP contribution in [-0.2, 0) is 17.8 Å². The van der Waals surface area contributed by atoms with Gasteiger partial charge in [0.1, 0.15) is 23.8 Å². The van der Waals surface area contributed by atoms with Gasteiger partial charge in [-0.3, -0.25) is 4.79 Å². The Bertz CT molecular complexity index is 1740. The van der Waals surface area contributed by atoms with Crippen LogP contribution in [0.2, 0.25) is 5.02 Å². The molecule has 9 nitrogen and oxygen atoms in total. The molecular weight excluding hydrogens is 605 g/mol. The van der Waals surface area contributed by atoms with Gasteiger partial charge in [0, 0.05) is 42.8 Å². The molecule has 0 radical (unpaired) electrons. The highest BCUT2D eigenvalue weighted by atomic mass is 35.5. The number of nitrogens with zero attached hydrogens (tertiary/aromatic N) is 7. The van der Waals surface area contributed by atoms with Crippen molar-refractivity contribution in [3.63, 3.8) is 0 Å². The van der Waals surface area contributed by atoms with Gasteiger partial charge in [-0.15, -0.1) is 0 Å². The Balaban J connectivity index is 1.26. The van der Waals surface area contributed by atoms with Crippen molar-refractivity contribution in [3.8, 4) is 6.01 Å². The van der Waals surface area contributed by atoms with Crippen LogP contribution in [0.3, 0.4) is 0 Å². The summed E-state index contributed by atoms with van der Waals surface area (Å²) in [6.45, 7) is 14.1. The molecule has 2 aliphatic heterocycles. The number of aromatic nitrogens is 2. The lowest BCUT2D eigenvalue weighted by Gasteiger charge is -2.41. The largest absolute Gasteiger partial charge is 0.458 e. The van der Waals surface area contributed by atoms with Crippen LogP contribution in [0.1, 0.15) is 36.9 Å². The third kappa shape index (κ3) is 5.33. The smallest absolute Gasteiger partial charge is 0.319 e. The van der Waals surface area contributed by atoms with Crippen LogP contribution in [0.4, 0.5) is 15.9 Å². The van der Waals surface area contributed by atoms with Gasteiger partial charge in [-0.25, -0.2) is 11.0 Å². The number of fused-ring (bicyclic) bond motifs is 2. The number of amides is 1.